The largest absolute Gasteiger partial charge is 0.481 e. The molecule has 3 atom stereocenters. The molecule has 0 heterocycles. The summed E-state index contributed by atoms with van der Waals surface area (Å²) in [5.41, 5.74) is 1.07. The van der Waals surface area contributed by atoms with Crippen LogP contribution < -0.4 is 0 Å². The number of hydrogen-bond donors (Lipinski definition) is 2. The number of aliphatic carboxylic acids is 1. The first kappa shape index (κ1) is 13.8. The van der Waals surface area contributed by atoms with Crippen LogP contribution in [0.25, 0.3) is 0 Å². The summed E-state index contributed by atoms with van der Waals surface area (Å²) in [6.45, 7) is 0.838. The molecule has 1 aromatic rings. The van der Waals surface area contributed by atoms with Crippen LogP contribution in [0.5, 0.6) is 0 Å². The number of aliphatic hydroxyl groups excluding tert-OH is 1. The topological polar surface area (TPSA) is 66.8 Å². The maximum atomic E-state index is 10.7. The summed E-state index contributed by atoms with van der Waals surface area (Å²) in [6, 6.07) is 9.77. The predicted octanol–water partition coefficient (Wildman–Crippen LogP) is 1.84. The first-order valence-corrected chi connectivity index (χ1v) is 6.36. The normalized spacial score (nSPS) is 25.6. The van der Waals surface area contributed by atoms with Crippen molar-refractivity contribution >= 4 is 5.97 Å². The van der Waals surface area contributed by atoms with Crippen molar-refractivity contribution < 1.29 is 19.7 Å². The number of carbonyl (C=O) groups is 1. The molecule has 4 nitrogen and oxygen atoms in total. The second-order valence-electron chi connectivity index (χ2n) is 4.80. The monoisotopic (exact) mass is 262 g/mol. The quantitative estimate of drug-likeness (QED) is 0.768. The van der Waals surface area contributed by atoms with Crippen LogP contribution in [0.4, 0.5) is 0 Å². The van der Waals surface area contributed by atoms with Gasteiger partial charge in [-0.05, 0) is 11.5 Å². The Balaban J connectivity index is 1.82. The van der Waals surface area contributed by atoms with Gasteiger partial charge >= 0.3 is 5.97 Å². The molecule has 1 aromatic carbocycles. The lowest BCUT2D eigenvalue weighted by Gasteiger charge is -2.21. The number of rotatable bonds is 6. The average Bonchev–Trinajstić information content (AvgIpc) is 2.72. The van der Waals surface area contributed by atoms with Gasteiger partial charge in [0.2, 0.25) is 0 Å². The lowest BCUT2D eigenvalue weighted by molar-refractivity contribution is -0.138. The van der Waals surface area contributed by atoms with E-state index in [0.29, 0.717) is 13.2 Å². The van der Waals surface area contributed by atoms with E-state index in [9.17, 15) is 9.90 Å². The Morgan fingerprint density at radius 2 is 1.95 bits per heavy atom. The van der Waals surface area contributed by atoms with Crippen molar-refractivity contribution in [2.75, 3.05) is 6.61 Å². The molecule has 4 heteroatoms. The highest BCUT2D eigenvalue weighted by molar-refractivity contribution is 5.67. The standard InChI is InChI=1S/C15H18O4/c16-14-7-6-12(8-15(17)18)13(14)10-19-9-11-4-2-1-3-5-11/h1-7,12-14,16H,8-10H2,(H,17,18)/t12?,13-,14-/m1/s1. The molecular weight excluding hydrogens is 244 g/mol. The van der Waals surface area contributed by atoms with Crippen molar-refractivity contribution in [3.8, 4) is 0 Å². The van der Waals surface area contributed by atoms with Gasteiger partial charge in [0.25, 0.3) is 0 Å². The fourth-order valence-corrected chi connectivity index (χ4v) is 2.33. The van der Waals surface area contributed by atoms with Crippen molar-refractivity contribution in [3.05, 3.63) is 48.0 Å². The van der Waals surface area contributed by atoms with Crippen LogP contribution in [-0.2, 0) is 16.1 Å². The number of carboxylic acid groups (broad SMARTS) is 1. The Morgan fingerprint density at radius 1 is 1.21 bits per heavy atom. The molecule has 19 heavy (non-hydrogen) atoms. The van der Waals surface area contributed by atoms with Crippen LogP contribution in [0, 0.1) is 11.8 Å². The number of carboxylic acids is 1. The van der Waals surface area contributed by atoms with Crippen LogP contribution in [-0.4, -0.2) is 28.9 Å². The highest BCUT2D eigenvalue weighted by Gasteiger charge is 2.31. The summed E-state index contributed by atoms with van der Waals surface area (Å²) in [6.07, 6.45) is 2.85. The third-order valence-electron chi connectivity index (χ3n) is 3.38. The number of allylic oxidation sites excluding steroid dienone is 1. The summed E-state index contributed by atoms with van der Waals surface area (Å²) < 4.78 is 5.59. The molecule has 102 valence electrons. The minimum Gasteiger partial charge on any atom is -0.481 e. The van der Waals surface area contributed by atoms with Crippen molar-refractivity contribution in [1.29, 1.82) is 0 Å². The first-order chi connectivity index (χ1) is 9.16. The molecule has 0 aliphatic heterocycles. The molecule has 1 unspecified atom stereocenters. The van der Waals surface area contributed by atoms with Gasteiger partial charge in [0.05, 0.1) is 25.7 Å². The third-order valence-corrected chi connectivity index (χ3v) is 3.38. The SMILES string of the molecule is O=C(O)CC1C=C[C@@H](O)[C@@H]1COCc1ccccc1. The van der Waals surface area contributed by atoms with Crippen molar-refractivity contribution in [1.82, 2.24) is 0 Å². The van der Waals surface area contributed by atoms with E-state index in [1.54, 1.807) is 12.2 Å². The zero-order valence-corrected chi connectivity index (χ0v) is 10.6. The zero-order chi connectivity index (χ0) is 13.7. The van der Waals surface area contributed by atoms with Crippen LogP contribution in [0.1, 0.15) is 12.0 Å². The van der Waals surface area contributed by atoms with Gasteiger partial charge in [0.1, 0.15) is 0 Å². The summed E-state index contributed by atoms with van der Waals surface area (Å²) in [5, 5.41) is 18.6. The van der Waals surface area contributed by atoms with Gasteiger partial charge in [-0.15, -0.1) is 0 Å². The Kier molecular flexibility index (Phi) is 4.71. The molecule has 0 fully saturated rings. The maximum absolute atomic E-state index is 10.7. The molecule has 2 N–H and O–H groups in total. The predicted molar refractivity (Wildman–Crippen MR) is 70.5 cm³/mol. The van der Waals surface area contributed by atoms with Crippen molar-refractivity contribution in [3.63, 3.8) is 0 Å². The van der Waals surface area contributed by atoms with E-state index in [1.807, 2.05) is 30.3 Å². The van der Waals surface area contributed by atoms with Crippen molar-refractivity contribution in [2.45, 2.75) is 19.1 Å². The average molecular weight is 262 g/mol. The molecular formula is C15H18O4. The lowest BCUT2D eigenvalue weighted by Crippen LogP contribution is -2.26. The minimum atomic E-state index is -0.850. The van der Waals surface area contributed by atoms with Crippen LogP contribution >= 0.6 is 0 Å². The Hall–Kier alpha value is -1.65. The number of aliphatic hydroxyl groups is 1. The molecule has 0 aromatic heterocycles. The molecule has 2 rings (SSSR count). The van der Waals surface area contributed by atoms with Crippen molar-refractivity contribution in [2.24, 2.45) is 11.8 Å². The van der Waals surface area contributed by atoms with Gasteiger partial charge in [-0.2, -0.15) is 0 Å². The molecule has 0 saturated heterocycles. The molecule has 0 amide bonds. The fraction of sp³-hybridized carbons (Fsp3) is 0.400. The smallest absolute Gasteiger partial charge is 0.303 e. The van der Waals surface area contributed by atoms with Gasteiger partial charge in [0.15, 0.2) is 0 Å². The van der Waals surface area contributed by atoms with Crippen LogP contribution in [0.3, 0.4) is 0 Å². The summed E-state index contributed by atoms with van der Waals surface area (Å²) in [4.78, 5) is 10.7. The molecule has 1 aliphatic carbocycles. The van der Waals surface area contributed by atoms with E-state index in [2.05, 4.69) is 0 Å². The Labute approximate surface area is 112 Å². The van der Waals surface area contributed by atoms with E-state index in [0.717, 1.165) is 5.56 Å². The molecule has 0 spiro atoms. The van der Waals surface area contributed by atoms with Gasteiger partial charge in [-0.25, -0.2) is 0 Å². The van der Waals surface area contributed by atoms with E-state index in [4.69, 9.17) is 9.84 Å². The molecule has 1 aliphatic rings. The number of ether oxygens (including phenoxy) is 1. The number of benzene rings is 1. The first-order valence-electron chi connectivity index (χ1n) is 6.36. The second kappa shape index (κ2) is 6.50. The van der Waals surface area contributed by atoms with E-state index in [-0.39, 0.29) is 18.3 Å². The van der Waals surface area contributed by atoms with E-state index < -0.39 is 12.1 Å². The van der Waals surface area contributed by atoms with Crippen LogP contribution in [0.15, 0.2) is 42.5 Å². The molecule has 0 saturated carbocycles. The Morgan fingerprint density at radius 3 is 2.63 bits per heavy atom. The van der Waals surface area contributed by atoms with Gasteiger partial charge < -0.3 is 14.9 Å². The van der Waals surface area contributed by atoms with Crippen LogP contribution in [0.2, 0.25) is 0 Å². The summed E-state index contributed by atoms with van der Waals surface area (Å²) >= 11 is 0. The molecule has 0 radical (unpaired) electrons. The maximum Gasteiger partial charge on any atom is 0.303 e. The molecule has 0 bridgehead atoms. The van der Waals surface area contributed by atoms with Gasteiger partial charge in [-0.3, -0.25) is 4.79 Å². The minimum absolute atomic E-state index is 0.0346. The highest BCUT2D eigenvalue weighted by atomic mass is 16.5. The second-order valence-corrected chi connectivity index (χ2v) is 4.80. The van der Waals surface area contributed by atoms with Gasteiger partial charge in [-0.1, -0.05) is 42.5 Å². The summed E-state index contributed by atoms with van der Waals surface area (Å²) in [5.74, 6) is -1.17. The van der Waals surface area contributed by atoms with E-state index in [1.165, 1.54) is 0 Å². The lowest BCUT2D eigenvalue weighted by atomic mass is 9.92. The zero-order valence-electron chi connectivity index (χ0n) is 10.6. The number of hydrogen-bond acceptors (Lipinski definition) is 3. The highest BCUT2D eigenvalue weighted by Crippen LogP contribution is 2.29. The van der Waals surface area contributed by atoms with Gasteiger partial charge in [0, 0.05) is 5.92 Å². The fourth-order valence-electron chi connectivity index (χ4n) is 2.33. The summed E-state index contributed by atoms with van der Waals surface area (Å²) in [7, 11) is 0. The Bertz CT molecular complexity index is 441. The van der Waals surface area contributed by atoms with E-state index >= 15 is 0 Å². The third kappa shape index (κ3) is 3.91.